The molecule has 2 rings (SSSR count). The molecule has 4 heteroatoms. The lowest BCUT2D eigenvalue weighted by Gasteiger charge is -2.28. The van der Waals surface area contributed by atoms with Crippen molar-refractivity contribution in [1.29, 1.82) is 0 Å². The van der Waals surface area contributed by atoms with Gasteiger partial charge >= 0.3 is 0 Å². The summed E-state index contributed by atoms with van der Waals surface area (Å²) in [5.41, 5.74) is 0.573. The molecular weight excluding hydrogens is 212 g/mol. The Morgan fingerprint density at radius 3 is 2.62 bits per heavy atom. The number of hydrogen-bond donors (Lipinski definition) is 1. The van der Waals surface area contributed by atoms with Crippen molar-refractivity contribution in [2.45, 2.75) is 12.5 Å². The van der Waals surface area contributed by atoms with Crippen LogP contribution < -0.4 is 5.32 Å². The first kappa shape index (κ1) is 9.25. The highest BCUT2D eigenvalue weighted by Gasteiger charge is 2.23. The lowest BCUT2D eigenvalue weighted by Crippen LogP contribution is -2.35. The van der Waals surface area contributed by atoms with Crippen LogP contribution in [0.25, 0.3) is 0 Å². The summed E-state index contributed by atoms with van der Waals surface area (Å²) in [6.07, 6.45) is 0.938. The van der Waals surface area contributed by atoms with Crippen molar-refractivity contribution in [1.82, 2.24) is 5.32 Å². The lowest BCUT2D eigenvalue weighted by molar-refractivity contribution is 0.370. The van der Waals surface area contributed by atoms with Crippen molar-refractivity contribution in [2.75, 3.05) is 6.54 Å². The standard InChI is InChI=1S/C9H8Cl2FN/c10-5-3-6(8-1-2-13-8)9(12)7(11)4-5/h3-4,8,13H,1-2H2/t8-/m0/s1. The largest absolute Gasteiger partial charge is 0.310 e. The maximum absolute atomic E-state index is 13.4. The van der Waals surface area contributed by atoms with E-state index >= 15 is 0 Å². The Morgan fingerprint density at radius 1 is 1.38 bits per heavy atom. The second kappa shape index (κ2) is 3.45. The maximum Gasteiger partial charge on any atom is 0.146 e. The van der Waals surface area contributed by atoms with E-state index in [2.05, 4.69) is 5.32 Å². The van der Waals surface area contributed by atoms with Gasteiger partial charge in [-0.2, -0.15) is 0 Å². The summed E-state index contributed by atoms with van der Waals surface area (Å²) in [6.45, 7) is 0.925. The van der Waals surface area contributed by atoms with E-state index in [0.29, 0.717) is 10.6 Å². The van der Waals surface area contributed by atoms with Crippen LogP contribution in [-0.4, -0.2) is 6.54 Å². The summed E-state index contributed by atoms with van der Waals surface area (Å²) in [7, 11) is 0. The Balaban J connectivity index is 2.42. The van der Waals surface area contributed by atoms with Gasteiger partial charge in [0.1, 0.15) is 5.82 Å². The van der Waals surface area contributed by atoms with Crippen LogP contribution in [0.3, 0.4) is 0 Å². The Bertz CT molecular complexity index is 337. The van der Waals surface area contributed by atoms with Crippen LogP contribution in [0.2, 0.25) is 10.0 Å². The number of nitrogens with one attached hydrogen (secondary N) is 1. The molecular formula is C9H8Cl2FN. The molecule has 0 saturated carbocycles. The predicted molar refractivity (Wildman–Crippen MR) is 51.8 cm³/mol. The molecule has 1 fully saturated rings. The minimum Gasteiger partial charge on any atom is -0.310 e. The van der Waals surface area contributed by atoms with Crippen LogP contribution in [-0.2, 0) is 0 Å². The maximum atomic E-state index is 13.4. The van der Waals surface area contributed by atoms with Crippen LogP contribution >= 0.6 is 23.2 Å². The smallest absolute Gasteiger partial charge is 0.146 e. The SMILES string of the molecule is Fc1c(Cl)cc(Cl)cc1[C@@H]1CCN1. The van der Waals surface area contributed by atoms with Crippen LogP contribution in [0.5, 0.6) is 0 Å². The molecule has 1 aromatic rings. The summed E-state index contributed by atoms with van der Waals surface area (Å²) in [5.74, 6) is -0.358. The Labute approximate surface area is 85.8 Å². The molecule has 1 saturated heterocycles. The van der Waals surface area contributed by atoms with Gasteiger partial charge in [0.05, 0.1) is 5.02 Å². The van der Waals surface area contributed by atoms with E-state index in [1.54, 1.807) is 6.07 Å². The highest BCUT2D eigenvalue weighted by Crippen LogP contribution is 2.31. The van der Waals surface area contributed by atoms with Gasteiger partial charge in [0.25, 0.3) is 0 Å². The third-order valence-electron chi connectivity index (χ3n) is 2.22. The molecule has 0 unspecified atom stereocenters. The topological polar surface area (TPSA) is 12.0 Å². The van der Waals surface area contributed by atoms with Crippen LogP contribution in [0, 0.1) is 5.82 Å². The summed E-state index contributed by atoms with van der Waals surface area (Å²) in [4.78, 5) is 0. The van der Waals surface area contributed by atoms with Crippen molar-refractivity contribution in [2.24, 2.45) is 0 Å². The molecule has 1 aromatic carbocycles. The molecule has 1 heterocycles. The fraction of sp³-hybridized carbons (Fsp3) is 0.333. The van der Waals surface area contributed by atoms with E-state index in [-0.39, 0.29) is 16.9 Å². The van der Waals surface area contributed by atoms with Crippen molar-refractivity contribution < 1.29 is 4.39 Å². The molecule has 0 spiro atoms. The monoisotopic (exact) mass is 219 g/mol. The van der Waals surface area contributed by atoms with Crippen LogP contribution in [0.1, 0.15) is 18.0 Å². The second-order valence-electron chi connectivity index (χ2n) is 3.09. The highest BCUT2D eigenvalue weighted by molar-refractivity contribution is 6.34. The first-order chi connectivity index (χ1) is 6.18. The Hall–Kier alpha value is -0.310. The van der Waals surface area contributed by atoms with E-state index in [1.807, 2.05) is 0 Å². The van der Waals surface area contributed by atoms with Gasteiger partial charge in [-0.05, 0) is 25.1 Å². The van der Waals surface area contributed by atoms with Crippen molar-refractivity contribution in [3.63, 3.8) is 0 Å². The van der Waals surface area contributed by atoms with Gasteiger partial charge in [0.15, 0.2) is 0 Å². The van der Waals surface area contributed by atoms with Gasteiger partial charge in [0, 0.05) is 16.6 Å². The molecule has 0 bridgehead atoms. The minimum atomic E-state index is -0.358. The highest BCUT2D eigenvalue weighted by atomic mass is 35.5. The second-order valence-corrected chi connectivity index (χ2v) is 3.93. The third kappa shape index (κ3) is 1.66. The number of hydrogen-bond acceptors (Lipinski definition) is 1. The van der Waals surface area contributed by atoms with E-state index in [1.165, 1.54) is 6.07 Å². The van der Waals surface area contributed by atoms with E-state index < -0.39 is 0 Å². The van der Waals surface area contributed by atoms with Gasteiger partial charge in [-0.25, -0.2) is 4.39 Å². The molecule has 1 aliphatic heterocycles. The lowest BCUT2D eigenvalue weighted by atomic mass is 9.97. The van der Waals surface area contributed by atoms with Gasteiger partial charge in [-0.15, -0.1) is 0 Å². The summed E-state index contributed by atoms with van der Waals surface area (Å²) < 4.78 is 13.4. The molecule has 0 radical (unpaired) electrons. The van der Waals surface area contributed by atoms with Gasteiger partial charge in [-0.1, -0.05) is 23.2 Å². The number of halogens is 3. The average Bonchev–Trinajstić information content (AvgIpc) is 1.95. The van der Waals surface area contributed by atoms with Gasteiger partial charge in [0.2, 0.25) is 0 Å². The average molecular weight is 220 g/mol. The minimum absolute atomic E-state index is 0.0798. The molecule has 0 aromatic heterocycles. The summed E-state index contributed by atoms with van der Waals surface area (Å²) in [5, 5.41) is 3.68. The Morgan fingerprint density at radius 2 is 2.08 bits per heavy atom. The summed E-state index contributed by atoms with van der Waals surface area (Å²) in [6, 6.07) is 3.12. The summed E-state index contributed by atoms with van der Waals surface area (Å²) >= 11 is 11.4. The van der Waals surface area contributed by atoms with Gasteiger partial charge < -0.3 is 5.32 Å². The third-order valence-corrected chi connectivity index (χ3v) is 2.71. The zero-order chi connectivity index (χ0) is 9.42. The van der Waals surface area contributed by atoms with Crippen molar-refractivity contribution in [3.05, 3.63) is 33.6 Å². The van der Waals surface area contributed by atoms with Gasteiger partial charge in [-0.3, -0.25) is 0 Å². The van der Waals surface area contributed by atoms with E-state index in [4.69, 9.17) is 23.2 Å². The van der Waals surface area contributed by atoms with E-state index in [0.717, 1.165) is 13.0 Å². The zero-order valence-corrected chi connectivity index (χ0v) is 8.29. The molecule has 70 valence electrons. The molecule has 1 atom stereocenters. The fourth-order valence-electron chi connectivity index (χ4n) is 1.38. The zero-order valence-electron chi connectivity index (χ0n) is 6.78. The molecule has 1 nitrogen and oxygen atoms in total. The normalized spacial score (nSPS) is 21.3. The molecule has 1 N–H and O–H groups in total. The molecule has 0 amide bonds. The fourth-order valence-corrected chi connectivity index (χ4v) is 1.89. The predicted octanol–water partition coefficient (Wildman–Crippen LogP) is 3.17. The van der Waals surface area contributed by atoms with Crippen molar-refractivity contribution >= 4 is 23.2 Å². The Kier molecular flexibility index (Phi) is 2.45. The molecule has 1 aliphatic rings. The molecule has 0 aliphatic carbocycles. The van der Waals surface area contributed by atoms with Crippen LogP contribution in [0.15, 0.2) is 12.1 Å². The first-order valence-electron chi connectivity index (χ1n) is 4.06. The van der Waals surface area contributed by atoms with Crippen LogP contribution in [0.4, 0.5) is 4.39 Å². The molecule has 13 heavy (non-hydrogen) atoms. The van der Waals surface area contributed by atoms with Crippen molar-refractivity contribution in [3.8, 4) is 0 Å². The first-order valence-corrected chi connectivity index (χ1v) is 4.82. The number of rotatable bonds is 1. The quantitative estimate of drug-likeness (QED) is 0.716. The van der Waals surface area contributed by atoms with E-state index in [9.17, 15) is 4.39 Å². The number of benzene rings is 1.